The van der Waals surface area contributed by atoms with Crippen LogP contribution in [-0.2, 0) is 10.0 Å². The summed E-state index contributed by atoms with van der Waals surface area (Å²) < 4.78 is 93.5. The largest absolute Gasteiger partial charge is 0.340 e. The van der Waals surface area contributed by atoms with Gasteiger partial charge in [-0.25, -0.2) is 34.7 Å². The first kappa shape index (κ1) is 82.8. The van der Waals surface area contributed by atoms with Gasteiger partial charge in [0.15, 0.2) is 0 Å². The highest BCUT2D eigenvalue weighted by Crippen LogP contribution is 2.28. The van der Waals surface area contributed by atoms with E-state index >= 15 is 0 Å². The standard InChI is InChI=1S/C13H19FN2O.C11H16FNO2S.C11H12FN.C10H12BrF.C10H10FN.C10H14S.C9H11Br/c1-9(2)11-5-4-10(8-12(11)14)13(17)16(3)7-6-15;1-8(2)10-6-5-9(7-11(10)12)16(14,15)13(3)4;1-7(2)10-4-8(3)9(6-13)5-11(10)12;1-6(2)8-4-7(3)9(11)5-10(8)12;1-7(2)9-4-3-8(6-12)5-10(9)11;1-8(2)9-4-6-10(11-3)7-5-9;1-7(2)8-3-5-9(10)6-4-8/h4-5,8-9H,6-7,15H2,1-3H3;5-8H,1-4H3;4-5,7H,1-3H3;4-6H,1-3H3;3-5,7H,1-2H3;4-8H,1-3H3;3-7H,1-2H3. The van der Waals surface area contributed by atoms with Crippen LogP contribution in [0.3, 0.4) is 0 Å². The van der Waals surface area contributed by atoms with Crippen molar-refractivity contribution in [3.63, 3.8) is 0 Å². The average molecular weight is 1420 g/mol. The molecule has 7 aromatic carbocycles. The Morgan fingerprint density at radius 1 is 0.516 bits per heavy atom. The van der Waals surface area contributed by atoms with Gasteiger partial charge >= 0.3 is 0 Å². The van der Waals surface area contributed by atoms with E-state index in [1.807, 2.05) is 101 Å². The molecule has 8 nitrogen and oxygen atoms in total. The van der Waals surface area contributed by atoms with Gasteiger partial charge in [-0.1, -0.05) is 183 Å². The second-order valence-corrected chi connectivity index (χ2v) is 28.7. The zero-order valence-electron chi connectivity index (χ0n) is 56.6. The SMILES string of the molecule is CC(C)c1ccc(Br)cc1.CC(C)c1ccc(C#N)cc1F.CC(C)c1ccc(C(=O)N(C)CCN)cc1F.CC(C)c1ccc(S(=O)(=O)N(C)C)cc1F.CSc1ccc(C(C)C)cc1.Cc1cc(C(C)C)c(F)cc1Br.Cc1cc(C(C)C)c(F)cc1C#N. The van der Waals surface area contributed by atoms with Crippen molar-refractivity contribution in [3.8, 4) is 12.1 Å². The van der Waals surface area contributed by atoms with Crippen LogP contribution in [0.2, 0.25) is 0 Å². The van der Waals surface area contributed by atoms with Gasteiger partial charge in [0.05, 0.1) is 28.2 Å². The van der Waals surface area contributed by atoms with E-state index in [1.165, 1.54) is 71.4 Å². The number of hydrogen-bond acceptors (Lipinski definition) is 7. The van der Waals surface area contributed by atoms with Crippen LogP contribution in [0.5, 0.6) is 0 Å². The Morgan fingerprint density at radius 2 is 0.923 bits per heavy atom. The van der Waals surface area contributed by atoms with Crippen LogP contribution in [0.1, 0.15) is 210 Å². The van der Waals surface area contributed by atoms with Crippen LogP contribution in [-0.4, -0.2) is 64.0 Å². The quantitative estimate of drug-likeness (QED) is 0.0898. The van der Waals surface area contributed by atoms with Gasteiger partial charge in [-0.15, -0.1) is 11.8 Å². The van der Waals surface area contributed by atoms with Crippen LogP contribution >= 0.6 is 43.6 Å². The number of amides is 1. The Balaban J connectivity index is 0.000000534. The minimum absolute atomic E-state index is 0.0144. The Bertz CT molecular complexity index is 3600. The monoisotopic (exact) mass is 1420 g/mol. The third-order valence-corrected chi connectivity index (χ3v) is 18.0. The summed E-state index contributed by atoms with van der Waals surface area (Å²) in [6.45, 7) is 32.7. The summed E-state index contributed by atoms with van der Waals surface area (Å²) in [7, 11) is 0.948. The molecule has 494 valence electrons. The van der Waals surface area contributed by atoms with E-state index in [2.05, 4.69) is 114 Å². The Kier molecular flexibility index (Phi) is 37.1. The molecule has 0 bridgehead atoms. The fraction of sp³-hybridized carbons (Fsp3) is 0.392. The van der Waals surface area contributed by atoms with Crippen molar-refractivity contribution in [1.82, 2.24) is 9.21 Å². The normalized spacial score (nSPS) is 10.8. The zero-order valence-corrected chi connectivity index (χ0v) is 61.4. The lowest BCUT2D eigenvalue weighted by Gasteiger charge is -2.16. The Morgan fingerprint density at radius 3 is 1.31 bits per heavy atom. The molecule has 0 saturated carbocycles. The summed E-state index contributed by atoms with van der Waals surface area (Å²) in [4.78, 5) is 14.7. The molecule has 0 aliphatic carbocycles. The Hall–Kier alpha value is -6.18. The van der Waals surface area contributed by atoms with Crippen molar-refractivity contribution >= 4 is 59.6 Å². The molecule has 91 heavy (non-hydrogen) atoms. The number of carbonyl (C=O) groups is 1. The molecule has 0 radical (unpaired) electrons. The van der Waals surface area contributed by atoms with Crippen molar-refractivity contribution in [2.75, 3.05) is 40.5 Å². The van der Waals surface area contributed by atoms with Gasteiger partial charge < -0.3 is 10.6 Å². The van der Waals surface area contributed by atoms with Crippen LogP contribution in [0.25, 0.3) is 0 Å². The number of rotatable bonds is 13. The van der Waals surface area contributed by atoms with E-state index in [-0.39, 0.29) is 63.7 Å². The summed E-state index contributed by atoms with van der Waals surface area (Å²) in [5.74, 6) is 0.301. The number of aryl methyl sites for hydroxylation is 2. The lowest BCUT2D eigenvalue weighted by molar-refractivity contribution is 0.0798. The number of sulfonamides is 1. The molecule has 7 aromatic rings. The molecule has 0 saturated heterocycles. The second-order valence-electron chi connectivity index (χ2n) is 23.9. The topological polar surface area (TPSA) is 131 Å². The van der Waals surface area contributed by atoms with E-state index in [4.69, 9.17) is 16.3 Å². The third-order valence-electron chi connectivity index (χ3n) is 14.1. The minimum atomic E-state index is -3.55. The van der Waals surface area contributed by atoms with Gasteiger partial charge in [0.25, 0.3) is 5.91 Å². The molecule has 0 fully saturated rings. The Labute approximate surface area is 563 Å². The molecule has 0 heterocycles. The number of halogens is 7. The summed E-state index contributed by atoms with van der Waals surface area (Å²) in [5.41, 5.74) is 14.5. The van der Waals surface area contributed by atoms with Crippen LogP contribution in [0.4, 0.5) is 22.0 Å². The van der Waals surface area contributed by atoms with Gasteiger partial charge in [-0.2, -0.15) is 10.5 Å². The number of nitrogens with two attached hydrogens (primary N) is 1. The number of nitriles is 2. The molecule has 1 amide bonds. The number of benzene rings is 7. The molecule has 0 aliphatic rings. The van der Waals surface area contributed by atoms with Crippen molar-refractivity contribution < 1.29 is 35.2 Å². The van der Waals surface area contributed by atoms with Gasteiger partial charge in [-0.3, -0.25) is 4.79 Å². The van der Waals surface area contributed by atoms with Gasteiger partial charge in [-0.05, 0) is 184 Å². The first-order valence-electron chi connectivity index (χ1n) is 30.1. The fourth-order valence-corrected chi connectivity index (χ4v) is 10.2. The number of carbonyl (C=O) groups excluding carboxylic acids is 1. The van der Waals surface area contributed by atoms with Crippen molar-refractivity contribution in [2.45, 2.75) is 162 Å². The summed E-state index contributed by atoms with van der Waals surface area (Å²) >= 11 is 8.47. The van der Waals surface area contributed by atoms with Crippen LogP contribution < -0.4 is 5.73 Å². The second kappa shape index (κ2) is 40.7. The molecule has 0 aliphatic heterocycles. The van der Waals surface area contributed by atoms with E-state index in [0.29, 0.717) is 63.9 Å². The maximum absolute atomic E-state index is 13.7. The van der Waals surface area contributed by atoms with Gasteiger partial charge in [0.1, 0.15) is 29.1 Å². The smallest absolute Gasteiger partial charge is 0.253 e. The molecule has 0 atom stereocenters. The highest BCUT2D eigenvalue weighted by Gasteiger charge is 2.20. The fourth-order valence-electron chi connectivity index (χ4n) is 8.28. The summed E-state index contributed by atoms with van der Waals surface area (Å²) in [5, 5.41) is 17.1. The number of hydrogen-bond donors (Lipinski definition) is 1. The molecule has 0 unspecified atom stereocenters. The van der Waals surface area contributed by atoms with Gasteiger partial charge in [0.2, 0.25) is 10.0 Å². The molecule has 2 N–H and O–H groups in total. The van der Waals surface area contributed by atoms with Crippen LogP contribution in [0, 0.1) is 65.6 Å². The molecular weight excluding hydrogens is 1330 g/mol. The van der Waals surface area contributed by atoms with E-state index < -0.39 is 15.8 Å². The maximum atomic E-state index is 13.7. The van der Waals surface area contributed by atoms with Gasteiger partial charge in [0, 0.05) is 53.6 Å². The van der Waals surface area contributed by atoms with E-state index in [9.17, 15) is 35.2 Å². The van der Waals surface area contributed by atoms with E-state index in [0.717, 1.165) is 36.0 Å². The number of thioether (sulfide) groups is 1. The molecule has 0 spiro atoms. The van der Waals surface area contributed by atoms with Crippen molar-refractivity contribution in [3.05, 3.63) is 232 Å². The van der Waals surface area contributed by atoms with Crippen LogP contribution in [0.15, 0.2) is 146 Å². The van der Waals surface area contributed by atoms with E-state index in [1.54, 1.807) is 49.1 Å². The lowest BCUT2D eigenvalue weighted by atomic mass is 9.98. The zero-order chi connectivity index (χ0) is 69.8. The first-order chi connectivity index (χ1) is 42.4. The van der Waals surface area contributed by atoms with Crippen molar-refractivity contribution in [1.29, 1.82) is 10.5 Å². The predicted molar refractivity (Wildman–Crippen MR) is 376 cm³/mol. The third kappa shape index (κ3) is 27.9. The molecule has 17 heteroatoms. The number of likely N-dealkylation sites (N-methyl/N-ethyl adjacent to an activating group) is 1. The average Bonchev–Trinajstić information content (AvgIpc) is 0.970. The first-order valence-corrected chi connectivity index (χ1v) is 34.4. The summed E-state index contributed by atoms with van der Waals surface area (Å²) in [6.07, 6.45) is 2.10. The minimum Gasteiger partial charge on any atom is -0.340 e. The summed E-state index contributed by atoms with van der Waals surface area (Å²) in [6, 6.07) is 40.8. The lowest BCUT2D eigenvalue weighted by Crippen LogP contribution is -2.31. The highest BCUT2D eigenvalue weighted by molar-refractivity contribution is 9.10. The van der Waals surface area contributed by atoms with Crippen molar-refractivity contribution in [2.24, 2.45) is 5.73 Å². The molecular formula is C74H94Br2F5N5O3S2. The molecule has 7 rings (SSSR count). The number of nitrogens with zero attached hydrogens (tertiary/aromatic N) is 4. The maximum Gasteiger partial charge on any atom is 0.253 e. The molecule has 0 aromatic heterocycles. The highest BCUT2D eigenvalue weighted by atomic mass is 79.9. The predicted octanol–water partition coefficient (Wildman–Crippen LogP) is 21.3.